The first kappa shape index (κ1) is 51.1. The van der Waals surface area contributed by atoms with Crippen molar-refractivity contribution in [3.8, 4) is 84.3 Å². The summed E-state index contributed by atoms with van der Waals surface area (Å²) in [5, 5.41) is 2.10. The topological polar surface area (TPSA) is 35.9 Å². The zero-order valence-electron chi connectivity index (χ0n) is 56.4. The monoisotopic (exact) mass is 1310 g/mol. The van der Waals surface area contributed by atoms with Crippen LogP contribution in [-0.4, -0.2) is 14.1 Å². The van der Waals surface area contributed by atoms with Gasteiger partial charge in [-0.1, -0.05) is 217 Å². The van der Waals surface area contributed by atoms with E-state index in [1.54, 1.807) is 0 Å². The Morgan fingerprint density at radius 3 is 1.80 bits per heavy atom. The van der Waals surface area contributed by atoms with Crippen molar-refractivity contribution in [2.75, 3.05) is 0 Å². The van der Waals surface area contributed by atoms with E-state index < -0.39 is 18.1 Å². The smallest absolute Gasteiger partial charge is 0.268 e. The van der Waals surface area contributed by atoms with Gasteiger partial charge in [0.2, 0.25) is 0 Å². The average Bonchev–Trinajstić information content (AvgIpc) is 1.67. The van der Waals surface area contributed by atoms with Gasteiger partial charge < -0.3 is 13.9 Å². The van der Waals surface area contributed by atoms with E-state index in [9.17, 15) is 2.74 Å². The summed E-state index contributed by atoms with van der Waals surface area (Å²) in [6.07, 6.45) is 7.96. The number of hydrogen-bond donors (Lipinski definition) is 0. The van der Waals surface area contributed by atoms with Crippen LogP contribution in [0.1, 0.15) is 138 Å². The third kappa shape index (κ3) is 9.66. The molecule has 86 heavy (non-hydrogen) atoms. The molecule has 5 nitrogen and oxygen atoms in total. The van der Waals surface area contributed by atoms with Crippen LogP contribution in [0.25, 0.3) is 106 Å². The molecule has 0 fully saturated rings. The van der Waals surface area contributed by atoms with Gasteiger partial charge in [-0.25, -0.2) is 4.98 Å². The van der Waals surface area contributed by atoms with E-state index in [2.05, 4.69) is 233 Å². The van der Waals surface area contributed by atoms with Crippen molar-refractivity contribution >= 4 is 32.8 Å². The molecule has 2 aliphatic rings. The van der Waals surface area contributed by atoms with Gasteiger partial charge in [0.15, 0.2) is 0 Å². The normalized spacial score (nSPS) is 15.2. The molecule has 3 aromatic heterocycles. The molecule has 1 aliphatic carbocycles. The first-order chi connectivity index (χ1) is 42.6. The molecule has 1 aliphatic heterocycles. The Hall–Kier alpha value is -8.11. The molecule has 12 aromatic rings. The van der Waals surface area contributed by atoms with Crippen LogP contribution in [0, 0.1) is 18.5 Å². The SMILES string of the molecule is [2H]c1c([2H])c([2H])c(-c2cc3c4c(c2)n(-c2[c-]c(Oc5[c-]c6c(cc5)c5ccccc5n6-c5cc(C(C)(C)C)ccn5)ccc2)[c-][n+]4-c2c(-c4cc(C(C)(C)C)cc(C(C)(C)C)c4)cccc2-c2cc4c(cc2-c2ccccc2-3)C(C)(C)CCC4(C)C)c([2H])c1[2H].[Pt]. The molecule has 9 aromatic carbocycles. The number of imidazole rings is 1. The summed E-state index contributed by atoms with van der Waals surface area (Å²) in [5.41, 5.74) is 19.1. The molecule has 0 saturated carbocycles. The number of nitrogens with zero attached hydrogens (tertiary/aromatic N) is 4. The summed E-state index contributed by atoms with van der Waals surface area (Å²) < 4.78 is 58.9. The van der Waals surface area contributed by atoms with E-state index in [1.807, 2.05) is 47.2 Å². The largest absolute Gasteiger partial charge is 0.510 e. The second-order valence-electron chi connectivity index (χ2n) is 28.0. The number of para-hydroxylation sites is 2. The van der Waals surface area contributed by atoms with E-state index in [0.29, 0.717) is 28.3 Å². The standard InChI is InChI=1S/C80H74N4O.Pt/c1-76(2,3)53-35-38-81-73(44-53)84-70-32-20-19-29-62(70)63-34-33-58(46-71(63)84)85-57-26-21-25-56(45-57)82-49-83-74-59(52-39-54(77(4,5)6)43-55(40-52)78(7,8)9)30-22-31-64(74)66-48-69-68(79(10,11)36-37-80(69,12)13)47-65(66)60-27-17-18-28-61(60)67-41-51(42-72(82)75(67)83)50-23-15-14-16-24-50;/h14-35,38-44,47-48H,36-37H2,1-13H3;/q-2;/i14D,15D,16D,23D,24D;. The van der Waals surface area contributed by atoms with Crippen molar-refractivity contribution in [1.29, 1.82) is 0 Å². The molecule has 14 rings (SSSR count). The van der Waals surface area contributed by atoms with Gasteiger partial charge in [-0.3, -0.25) is 4.57 Å². The summed E-state index contributed by atoms with van der Waals surface area (Å²) in [5.74, 6) is 1.72. The molecular formula is C80H74N4OPt-2. The zero-order chi connectivity index (χ0) is 63.5. The maximum absolute atomic E-state index is 9.49. The molecule has 0 radical (unpaired) electrons. The quantitative estimate of drug-likeness (QED) is 0.123. The van der Waals surface area contributed by atoms with E-state index in [1.165, 1.54) is 27.8 Å². The minimum Gasteiger partial charge on any atom is -0.510 e. The third-order valence-electron chi connectivity index (χ3n) is 18.2. The third-order valence-corrected chi connectivity index (χ3v) is 18.2. The van der Waals surface area contributed by atoms with Crippen molar-refractivity contribution in [3.05, 3.63) is 234 Å². The van der Waals surface area contributed by atoms with Gasteiger partial charge in [0.25, 0.3) is 6.33 Å². The zero-order valence-corrected chi connectivity index (χ0v) is 53.7. The fourth-order valence-electron chi connectivity index (χ4n) is 13.1. The number of rotatable bonds is 6. The number of benzene rings is 9. The Labute approximate surface area is 529 Å². The molecule has 0 bridgehead atoms. The predicted octanol–water partition coefficient (Wildman–Crippen LogP) is 20.5. The van der Waals surface area contributed by atoms with Crippen LogP contribution in [0.5, 0.6) is 11.5 Å². The number of hydrogen-bond acceptors (Lipinski definition) is 2. The Balaban J connectivity index is 0.00000758. The molecule has 0 atom stereocenters. The maximum atomic E-state index is 9.49. The molecule has 0 N–H and O–H groups in total. The van der Waals surface area contributed by atoms with Gasteiger partial charge in [-0.2, -0.15) is 18.2 Å². The van der Waals surface area contributed by atoms with Crippen molar-refractivity contribution in [3.63, 3.8) is 0 Å². The number of ether oxygens (including phenoxy) is 1. The Morgan fingerprint density at radius 2 is 1.12 bits per heavy atom. The minimum atomic E-state index is -0.447. The fourth-order valence-corrected chi connectivity index (χ4v) is 13.1. The van der Waals surface area contributed by atoms with Gasteiger partial charge in [-0.05, 0) is 165 Å². The van der Waals surface area contributed by atoms with Gasteiger partial charge >= 0.3 is 0 Å². The molecule has 0 unspecified atom stereocenters. The van der Waals surface area contributed by atoms with E-state index in [4.69, 9.17) is 13.8 Å². The van der Waals surface area contributed by atoms with Crippen molar-refractivity contribution in [2.45, 2.75) is 130 Å². The second-order valence-corrected chi connectivity index (χ2v) is 28.0. The summed E-state index contributed by atoms with van der Waals surface area (Å²) in [6, 6.07) is 59.3. The summed E-state index contributed by atoms with van der Waals surface area (Å²) in [6.45, 7) is 29.8. The molecule has 0 amide bonds. The fraction of sp³-hybridized carbons (Fsp3) is 0.250. The average molecular weight is 1310 g/mol. The Morgan fingerprint density at radius 1 is 0.512 bits per heavy atom. The van der Waals surface area contributed by atoms with Crippen LogP contribution in [0.2, 0.25) is 0 Å². The molecule has 0 spiro atoms. The first-order valence-corrected chi connectivity index (χ1v) is 29.9. The van der Waals surface area contributed by atoms with Crippen LogP contribution in [0.3, 0.4) is 0 Å². The summed E-state index contributed by atoms with van der Waals surface area (Å²) in [4.78, 5) is 4.92. The summed E-state index contributed by atoms with van der Waals surface area (Å²) >= 11 is 0. The van der Waals surface area contributed by atoms with Crippen molar-refractivity contribution < 1.29 is 37.2 Å². The Bertz CT molecular complexity index is 4950. The summed E-state index contributed by atoms with van der Waals surface area (Å²) in [7, 11) is 0. The van der Waals surface area contributed by atoms with Crippen molar-refractivity contribution in [1.82, 2.24) is 14.1 Å². The van der Waals surface area contributed by atoms with Crippen LogP contribution >= 0.6 is 0 Å². The van der Waals surface area contributed by atoms with Crippen LogP contribution in [0.15, 0.2) is 188 Å². The van der Waals surface area contributed by atoms with Crippen LogP contribution in [0.4, 0.5) is 0 Å². The second kappa shape index (κ2) is 20.5. The number of fused-ring (bicyclic) bond motifs is 11. The van der Waals surface area contributed by atoms with E-state index >= 15 is 0 Å². The maximum Gasteiger partial charge on any atom is 0.268 e. The number of pyridine rings is 1. The van der Waals surface area contributed by atoms with E-state index in [-0.39, 0.29) is 65.8 Å². The molecule has 6 heteroatoms. The van der Waals surface area contributed by atoms with Crippen molar-refractivity contribution in [2.24, 2.45) is 0 Å². The van der Waals surface area contributed by atoms with Gasteiger partial charge in [0.05, 0.1) is 23.6 Å². The molecule has 0 saturated heterocycles. The number of aromatic nitrogens is 4. The van der Waals surface area contributed by atoms with Gasteiger partial charge in [-0.15, -0.1) is 29.7 Å². The van der Waals surface area contributed by atoms with Crippen LogP contribution in [-0.2, 0) is 48.1 Å². The first-order valence-electron chi connectivity index (χ1n) is 32.4. The van der Waals surface area contributed by atoms with E-state index in [0.717, 1.165) is 96.2 Å². The Kier molecular flexibility index (Phi) is 12.2. The van der Waals surface area contributed by atoms with Gasteiger partial charge in [0, 0.05) is 44.3 Å². The minimum absolute atomic E-state index is 0. The van der Waals surface area contributed by atoms with Gasteiger partial charge in [0.1, 0.15) is 5.82 Å². The predicted molar refractivity (Wildman–Crippen MR) is 352 cm³/mol. The molecule has 4 heterocycles. The molecular weight excluding hydrogens is 1230 g/mol. The van der Waals surface area contributed by atoms with Crippen LogP contribution < -0.4 is 9.30 Å². The molecule has 432 valence electrons.